The molecule has 3 nitrogen and oxygen atoms in total. The van der Waals surface area contributed by atoms with E-state index in [1.54, 1.807) is 12.0 Å². The minimum absolute atomic E-state index is 0.915. The molecule has 1 saturated heterocycles. The van der Waals surface area contributed by atoms with Crippen molar-refractivity contribution >= 4 is 17.2 Å². The lowest BCUT2D eigenvalue weighted by Gasteiger charge is -2.34. The van der Waals surface area contributed by atoms with Crippen LogP contribution in [-0.2, 0) is 6.54 Å². The van der Waals surface area contributed by atoms with E-state index in [2.05, 4.69) is 54.3 Å². The molecule has 1 N–H and O–H groups in total. The maximum absolute atomic E-state index is 5.72. The Labute approximate surface area is 149 Å². The van der Waals surface area contributed by atoms with Crippen molar-refractivity contribution in [3.63, 3.8) is 0 Å². The Morgan fingerprint density at radius 1 is 1.12 bits per heavy atom. The number of rotatable bonds is 4. The van der Waals surface area contributed by atoms with Gasteiger partial charge in [-0.3, -0.25) is 0 Å². The van der Waals surface area contributed by atoms with Crippen molar-refractivity contribution in [1.29, 1.82) is 0 Å². The van der Waals surface area contributed by atoms with Crippen LogP contribution in [0.4, 0.5) is 0 Å². The number of ether oxygens (including phenoxy) is 1. The van der Waals surface area contributed by atoms with Gasteiger partial charge in [0.25, 0.3) is 0 Å². The van der Waals surface area contributed by atoms with Crippen LogP contribution in [0.25, 0.3) is 0 Å². The first-order chi connectivity index (χ1) is 11.7. The molecule has 126 valence electrons. The molecule has 0 unspecified atom stereocenters. The molecular weight excluding hydrogens is 316 g/mol. The highest BCUT2D eigenvalue weighted by Gasteiger charge is 2.22. The maximum atomic E-state index is 5.72. The maximum Gasteiger partial charge on any atom is 0.121 e. The van der Waals surface area contributed by atoms with Crippen LogP contribution in [0.3, 0.4) is 0 Å². The Kier molecular flexibility index (Phi) is 5.48. The summed E-state index contributed by atoms with van der Waals surface area (Å²) in [5, 5.41) is 0. The summed E-state index contributed by atoms with van der Waals surface area (Å²) in [4.78, 5) is 4.93. The Morgan fingerprint density at radius 3 is 2.46 bits per heavy atom. The van der Waals surface area contributed by atoms with Crippen LogP contribution in [0.5, 0.6) is 5.75 Å². The van der Waals surface area contributed by atoms with Gasteiger partial charge in [-0.1, -0.05) is 42.5 Å². The fourth-order valence-electron chi connectivity index (χ4n) is 3.28. The number of hydrogen-bond donors (Lipinski definition) is 1. The second kappa shape index (κ2) is 7.77. The number of quaternary nitrogens is 1. The first-order valence-electron chi connectivity index (χ1n) is 8.49. The zero-order valence-electron chi connectivity index (χ0n) is 14.4. The van der Waals surface area contributed by atoms with Crippen LogP contribution < -0.4 is 9.64 Å². The van der Waals surface area contributed by atoms with Crippen LogP contribution in [0.1, 0.15) is 16.7 Å². The lowest BCUT2D eigenvalue weighted by Crippen LogP contribution is -3.13. The Balaban J connectivity index is 1.58. The zero-order valence-corrected chi connectivity index (χ0v) is 15.2. The summed E-state index contributed by atoms with van der Waals surface area (Å²) in [7, 11) is 1.70. The second-order valence-electron chi connectivity index (χ2n) is 6.39. The van der Waals surface area contributed by atoms with Crippen molar-refractivity contribution in [2.75, 3.05) is 33.3 Å². The molecule has 1 fully saturated rings. The lowest BCUT2D eigenvalue weighted by atomic mass is 10.1. The zero-order chi connectivity index (χ0) is 16.9. The van der Waals surface area contributed by atoms with E-state index in [-0.39, 0.29) is 0 Å². The van der Waals surface area contributed by atoms with E-state index in [9.17, 15) is 0 Å². The van der Waals surface area contributed by atoms with E-state index >= 15 is 0 Å². The molecule has 1 heterocycles. The molecule has 24 heavy (non-hydrogen) atoms. The van der Waals surface area contributed by atoms with Crippen molar-refractivity contribution in [2.45, 2.75) is 13.5 Å². The summed E-state index contributed by atoms with van der Waals surface area (Å²) in [5.74, 6) is 0.915. The molecule has 0 bridgehead atoms. The molecule has 0 saturated carbocycles. The number of aryl methyl sites for hydroxylation is 1. The SMILES string of the molecule is COc1ccc(C(=S)N2CC[NH+](Cc3ccccc3)CC2)cc1C. The number of piperazine rings is 1. The van der Waals surface area contributed by atoms with Gasteiger partial charge in [0, 0.05) is 11.1 Å². The molecule has 1 aliphatic heterocycles. The van der Waals surface area contributed by atoms with Gasteiger partial charge in [-0.2, -0.15) is 0 Å². The van der Waals surface area contributed by atoms with Crippen molar-refractivity contribution < 1.29 is 9.64 Å². The standard InChI is InChI=1S/C20H24N2OS/c1-16-14-18(8-9-19(16)23-2)20(24)22-12-10-21(11-13-22)15-17-6-4-3-5-7-17/h3-9,14H,10-13,15H2,1-2H3/p+1. The molecule has 4 heteroatoms. The summed E-state index contributed by atoms with van der Waals surface area (Å²) in [5.41, 5.74) is 3.66. The van der Waals surface area contributed by atoms with E-state index in [1.807, 2.05) is 6.07 Å². The summed E-state index contributed by atoms with van der Waals surface area (Å²) < 4.78 is 5.34. The number of benzene rings is 2. The Hall–Kier alpha value is -1.91. The van der Waals surface area contributed by atoms with Crippen molar-refractivity contribution in [3.05, 3.63) is 65.2 Å². The largest absolute Gasteiger partial charge is 0.496 e. The fourth-order valence-corrected chi connectivity index (χ4v) is 3.59. The van der Waals surface area contributed by atoms with E-state index in [4.69, 9.17) is 17.0 Å². The van der Waals surface area contributed by atoms with Crippen LogP contribution in [0, 0.1) is 6.92 Å². The van der Waals surface area contributed by atoms with Crippen molar-refractivity contribution in [1.82, 2.24) is 4.90 Å². The number of hydrogen-bond acceptors (Lipinski definition) is 2. The predicted molar refractivity (Wildman–Crippen MR) is 102 cm³/mol. The van der Waals surface area contributed by atoms with Crippen molar-refractivity contribution in [3.8, 4) is 5.75 Å². The minimum Gasteiger partial charge on any atom is -0.496 e. The molecule has 2 aromatic carbocycles. The average molecular weight is 342 g/mol. The summed E-state index contributed by atoms with van der Waals surface area (Å²) in [6, 6.07) is 16.9. The first kappa shape index (κ1) is 16.9. The second-order valence-corrected chi connectivity index (χ2v) is 6.78. The highest BCUT2D eigenvalue weighted by molar-refractivity contribution is 7.80. The normalized spacial score (nSPS) is 15.3. The monoisotopic (exact) mass is 341 g/mol. The van der Waals surface area contributed by atoms with Gasteiger partial charge in [0.1, 0.15) is 17.3 Å². The van der Waals surface area contributed by atoms with Crippen LogP contribution in [-0.4, -0.2) is 43.2 Å². The molecule has 0 spiro atoms. The van der Waals surface area contributed by atoms with E-state index in [1.165, 1.54) is 5.56 Å². The smallest absolute Gasteiger partial charge is 0.121 e. The van der Waals surface area contributed by atoms with Gasteiger partial charge in [0.15, 0.2) is 0 Å². The molecular formula is C20H25N2OS+. The van der Waals surface area contributed by atoms with Gasteiger partial charge in [-0.05, 0) is 30.7 Å². The molecule has 0 aliphatic carbocycles. The molecule has 1 aliphatic rings. The van der Waals surface area contributed by atoms with Gasteiger partial charge >= 0.3 is 0 Å². The lowest BCUT2D eigenvalue weighted by molar-refractivity contribution is -0.917. The summed E-state index contributed by atoms with van der Waals surface area (Å²) in [6.07, 6.45) is 0. The Morgan fingerprint density at radius 2 is 1.83 bits per heavy atom. The van der Waals surface area contributed by atoms with E-state index in [0.717, 1.165) is 54.6 Å². The molecule has 0 atom stereocenters. The highest BCUT2D eigenvalue weighted by Crippen LogP contribution is 2.20. The van der Waals surface area contributed by atoms with Gasteiger partial charge in [-0.15, -0.1) is 0 Å². The third-order valence-corrected chi connectivity index (χ3v) is 5.19. The number of methoxy groups -OCH3 is 1. The predicted octanol–water partition coefficient (Wildman–Crippen LogP) is 2.08. The van der Waals surface area contributed by atoms with E-state index in [0.29, 0.717) is 0 Å². The summed E-state index contributed by atoms with van der Waals surface area (Å²) in [6.45, 7) is 7.46. The molecule has 0 aromatic heterocycles. The molecule has 2 aromatic rings. The highest BCUT2D eigenvalue weighted by atomic mass is 32.1. The average Bonchev–Trinajstić information content (AvgIpc) is 2.62. The quantitative estimate of drug-likeness (QED) is 0.858. The molecule has 3 rings (SSSR count). The number of nitrogens with one attached hydrogen (secondary N) is 1. The van der Waals surface area contributed by atoms with Crippen LogP contribution in [0.2, 0.25) is 0 Å². The first-order valence-corrected chi connectivity index (χ1v) is 8.89. The molecule has 0 radical (unpaired) electrons. The van der Waals surface area contributed by atoms with Gasteiger partial charge in [0.05, 0.1) is 33.3 Å². The summed E-state index contributed by atoms with van der Waals surface area (Å²) >= 11 is 5.72. The van der Waals surface area contributed by atoms with Gasteiger partial charge in [0.2, 0.25) is 0 Å². The Bertz CT molecular complexity index is 694. The minimum atomic E-state index is 0.915. The van der Waals surface area contributed by atoms with E-state index < -0.39 is 0 Å². The topological polar surface area (TPSA) is 16.9 Å². The fraction of sp³-hybridized carbons (Fsp3) is 0.350. The molecule has 0 amide bonds. The van der Waals surface area contributed by atoms with Gasteiger partial charge in [-0.25, -0.2) is 0 Å². The van der Waals surface area contributed by atoms with Crippen LogP contribution in [0.15, 0.2) is 48.5 Å². The van der Waals surface area contributed by atoms with Crippen LogP contribution >= 0.6 is 12.2 Å². The van der Waals surface area contributed by atoms with Gasteiger partial charge < -0.3 is 14.5 Å². The number of thiocarbonyl (C=S) groups is 1. The third kappa shape index (κ3) is 3.94. The van der Waals surface area contributed by atoms with Crippen molar-refractivity contribution in [2.24, 2.45) is 0 Å². The third-order valence-electron chi connectivity index (χ3n) is 4.70. The number of nitrogens with zero attached hydrogens (tertiary/aromatic N) is 1.